The van der Waals surface area contributed by atoms with Crippen molar-refractivity contribution < 1.29 is 14.3 Å². The van der Waals surface area contributed by atoms with Crippen LogP contribution in [0.3, 0.4) is 0 Å². The van der Waals surface area contributed by atoms with E-state index in [1.807, 2.05) is 0 Å². The second kappa shape index (κ2) is 6.90. The quantitative estimate of drug-likeness (QED) is 0.549. The summed E-state index contributed by atoms with van der Waals surface area (Å²) in [6, 6.07) is 10.5. The Morgan fingerprint density at radius 2 is 2.07 bits per heavy atom. The molecule has 0 saturated carbocycles. The molecule has 0 aliphatic rings. The van der Waals surface area contributed by atoms with Gasteiger partial charge in [-0.3, -0.25) is 4.79 Å². The normalized spacial score (nSPS) is 11.1. The fourth-order valence-corrected chi connectivity index (χ4v) is 3.22. The lowest BCUT2D eigenvalue weighted by Crippen LogP contribution is -2.17. The number of nitrogens with zero attached hydrogens (tertiary/aromatic N) is 3. The molecular weight excluding hydrogens is 387 g/mol. The first-order valence-corrected chi connectivity index (χ1v) is 8.53. The molecule has 4 rings (SSSR count). The first-order valence-electron chi connectivity index (χ1n) is 8.15. The first kappa shape index (κ1) is 17.9. The number of benzene rings is 2. The number of carboxylic acid groups (broad SMARTS) is 1. The molecule has 2 aromatic heterocycles. The van der Waals surface area contributed by atoms with Crippen molar-refractivity contribution in [2.75, 3.05) is 0 Å². The Labute approximate surface area is 162 Å². The van der Waals surface area contributed by atoms with Crippen molar-refractivity contribution >= 4 is 28.5 Å². The average molecular weight is 399 g/mol. The highest BCUT2D eigenvalue weighted by Crippen LogP contribution is 2.24. The Morgan fingerprint density at radius 3 is 2.82 bits per heavy atom. The van der Waals surface area contributed by atoms with Crippen molar-refractivity contribution in [2.45, 2.75) is 6.54 Å². The summed E-state index contributed by atoms with van der Waals surface area (Å²) < 4.78 is 14.9. The van der Waals surface area contributed by atoms with Gasteiger partial charge in [0.1, 0.15) is 17.1 Å². The van der Waals surface area contributed by atoms with Gasteiger partial charge in [0.2, 0.25) is 0 Å². The summed E-state index contributed by atoms with van der Waals surface area (Å²) in [6.07, 6.45) is 1.64. The van der Waals surface area contributed by atoms with Gasteiger partial charge in [-0.25, -0.2) is 13.9 Å². The molecule has 0 aliphatic carbocycles. The molecular formula is C19H12ClFN4O3. The van der Waals surface area contributed by atoms with Crippen LogP contribution in [0.25, 0.3) is 22.2 Å². The maximum Gasteiger partial charge on any atom is 0.341 e. The summed E-state index contributed by atoms with van der Waals surface area (Å²) in [5.41, 5.74) is 1.10. The molecule has 0 atom stereocenters. The van der Waals surface area contributed by atoms with Gasteiger partial charge in [-0.2, -0.15) is 0 Å². The molecule has 28 heavy (non-hydrogen) atoms. The topological polar surface area (TPSA) is 101 Å². The molecule has 0 aliphatic heterocycles. The summed E-state index contributed by atoms with van der Waals surface area (Å²) in [6.45, 7) is 0.224. The lowest BCUT2D eigenvalue weighted by molar-refractivity contribution is 0.0695. The zero-order valence-corrected chi connectivity index (χ0v) is 14.9. The molecule has 0 spiro atoms. The Morgan fingerprint density at radius 1 is 1.25 bits per heavy atom. The van der Waals surface area contributed by atoms with Crippen molar-refractivity contribution in [3.8, 4) is 11.3 Å². The molecule has 0 saturated heterocycles. The maximum atomic E-state index is 13.4. The Balaban J connectivity index is 1.75. The van der Waals surface area contributed by atoms with E-state index in [-0.39, 0.29) is 17.9 Å². The Kier molecular flexibility index (Phi) is 4.40. The molecule has 9 heteroatoms. The number of aromatic carboxylic acids is 1. The van der Waals surface area contributed by atoms with Crippen molar-refractivity contribution in [3.63, 3.8) is 0 Å². The number of hydrogen-bond donors (Lipinski definition) is 2. The number of nitrogens with one attached hydrogen (secondary N) is 1. The van der Waals surface area contributed by atoms with E-state index in [2.05, 4.69) is 15.3 Å². The highest BCUT2D eigenvalue weighted by molar-refractivity contribution is 6.31. The molecule has 4 aromatic rings. The number of pyridine rings is 1. The molecule has 2 N–H and O–H groups in total. The minimum absolute atomic E-state index is 0.224. The largest absolute Gasteiger partial charge is 0.477 e. The van der Waals surface area contributed by atoms with Gasteiger partial charge in [0.15, 0.2) is 0 Å². The summed E-state index contributed by atoms with van der Waals surface area (Å²) in [5, 5.41) is 18.1. The van der Waals surface area contributed by atoms with Crippen LogP contribution in [0.2, 0.25) is 5.02 Å². The lowest BCUT2D eigenvalue weighted by Gasteiger charge is -2.08. The van der Waals surface area contributed by atoms with Crippen LogP contribution in [0.15, 0.2) is 53.5 Å². The highest BCUT2D eigenvalue weighted by atomic mass is 35.5. The van der Waals surface area contributed by atoms with E-state index >= 15 is 0 Å². The van der Waals surface area contributed by atoms with Gasteiger partial charge in [0.05, 0.1) is 18.3 Å². The van der Waals surface area contributed by atoms with Gasteiger partial charge in [-0.1, -0.05) is 28.9 Å². The first-order chi connectivity index (χ1) is 13.4. The van der Waals surface area contributed by atoms with Crippen molar-refractivity contribution in [1.29, 1.82) is 0 Å². The second-order valence-electron chi connectivity index (χ2n) is 6.16. The molecule has 140 valence electrons. The summed E-state index contributed by atoms with van der Waals surface area (Å²) >= 11 is 6.15. The van der Waals surface area contributed by atoms with Gasteiger partial charge in [-0.05, 0) is 35.9 Å². The number of rotatable bonds is 4. The van der Waals surface area contributed by atoms with E-state index in [4.69, 9.17) is 16.7 Å². The molecule has 0 fully saturated rings. The number of hydrogen-bond acceptors (Lipinski definition) is 4. The van der Waals surface area contributed by atoms with Crippen LogP contribution in [0.5, 0.6) is 0 Å². The standard InChI is InChI=1S/C19H12ClFN4O3/c20-13-4-11-7-15(19(27)28)18(26)22-17(11)12(5-13)8-25-9-16(23-24-25)10-2-1-3-14(21)6-10/h1-7,9H,8H2,(H,22,26)(H,27,28). The Bertz CT molecular complexity index is 1280. The third-order valence-electron chi connectivity index (χ3n) is 4.22. The van der Waals surface area contributed by atoms with E-state index in [1.165, 1.54) is 22.9 Å². The smallest absolute Gasteiger partial charge is 0.341 e. The van der Waals surface area contributed by atoms with Crippen LogP contribution in [-0.4, -0.2) is 31.1 Å². The molecule has 2 heterocycles. The summed E-state index contributed by atoms with van der Waals surface area (Å²) in [5.74, 6) is -1.69. The number of fused-ring (bicyclic) bond motifs is 1. The minimum Gasteiger partial charge on any atom is -0.477 e. The highest BCUT2D eigenvalue weighted by Gasteiger charge is 2.14. The van der Waals surface area contributed by atoms with E-state index in [0.717, 1.165) is 0 Å². The third-order valence-corrected chi connectivity index (χ3v) is 4.44. The van der Waals surface area contributed by atoms with Gasteiger partial charge in [0.25, 0.3) is 5.56 Å². The molecule has 0 unspecified atom stereocenters. The predicted octanol–water partition coefficient (Wildman–Crippen LogP) is 3.33. The molecule has 0 bridgehead atoms. The van der Waals surface area contributed by atoms with Gasteiger partial charge in [0, 0.05) is 16.0 Å². The van der Waals surface area contributed by atoms with Crippen molar-refractivity contribution in [2.24, 2.45) is 0 Å². The fourth-order valence-electron chi connectivity index (χ4n) is 2.97. The van der Waals surface area contributed by atoms with Crippen LogP contribution in [0, 0.1) is 5.82 Å². The van der Waals surface area contributed by atoms with E-state index in [9.17, 15) is 14.0 Å². The summed E-state index contributed by atoms with van der Waals surface area (Å²) in [7, 11) is 0. The zero-order valence-electron chi connectivity index (χ0n) is 14.2. The number of aromatic amines is 1. The fraction of sp³-hybridized carbons (Fsp3) is 0.0526. The van der Waals surface area contributed by atoms with Crippen molar-refractivity contribution in [3.05, 3.63) is 81.0 Å². The van der Waals surface area contributed by atoms with Crippen LogP contribution >= 0.6 is 11.6 Å². The minimum atomic E-state index is -1.32. The van der Waals surface area contributed by atoms with Gasteiger partial charge < -0.3 is 10.1 Å². The van der Waals surface area contributed by atoms with Crippen LogP contribution in [-0.2, 0) is 6.54 Å². The number of carboxylic acids is 1. The Hall–Kier alpha value is -3.52. The monoisotopic (exact) mass is 398 g/mol. The number of halogens is 2. The number of aromatic nitrogens is 4. The molecule has 0 radical (unpaired) electrons. The molecule has 0 amide bonds. The average Bonchev–Trinajstić information content (AvgIpc) is 3.10. The van der Waals surface area contributed by atoms with E-state index in [0.29, 0.717) is 32.7 Å². The van der Waals surface area contributed by atoms with Gasteiger partial charge >= 0.3 is 5.97 Å². The van der Waals surface area contributed by atoms with Crippen LogP contribution in [0.4, 0.5) is 4.39 Å². The predicted molar refractivity (Wildman–Crippen MR) is 101 cm³/mol. The van der Waals surface area contributed by atoms with Gasteiger partial charge in [-0.15, -0.1) is 5.10 Å². The number of H-pyrrole nitrogens is 1. The van der Waals surface area contributed by atoms with Crippen LogP contribution in [0.1, 0.15) is 15.9 Å². The molecule has 7 nitrogen and oxygen atoms in total. The third kappa shape index (κ3) is 3.37. The zero-order chi connectivity index (χ0) is 19.8. The van der Waals surface area contributed by atoms with Crippen LogP contribution < -0.4 is 5.56 Å². The summed E-state index contributed by atoms with van der Waals surface area (Å²) in [4.78, 5) is 25.8. The van der Waals surface area contributed by atoms with Crippen molar-refractivity contribution in [1.82, 2.24) is 20.0 Å². The number of carbonyl (C=O) groups is 1. The second-order valence-corrected chi connectivity index (χ2v) is 6.59. The lowest BCUT2D eigenvalue weighted by atomic mass is 10.1. The maximum absolute atomic E-state index is 13.4. The molecule has 2 aromatic carbocycles. The van der Waals surface area contributed by atoms with E-state index in [1.54, 1.807) is 30.5 Å². The SMILES string of the molecule is O=C(O)c1cc2cc(Cl)cc(Cn3cc(-c4cccc(F)c4)nn3)c2[nH]c1=O. The van der Waals surface area contributed by atoms with E-state index < -0.39 is 11.5 Å².